The van der Waals surface area contributed by atoms with Crippen molar-refractivity contribution in [3.05, 3.63) is 53.6 Å². The van der Waals surface area contributed by atoms with Crippen molar-refractivity contribution in [2.24, 2.45) is 5.41 Å². The lowest BCUT2D eigenvalue weighted by atomic mass is 9.84. The van der Waals surface area contributed by atoms with E-state index < -0.39 is 24.2 Å². The molecule has 3 heterocycles. The van der Waals surface area contributed by atoms with Gasteiger partial charge in [0.25, 0.3) is 6.47 Å². The van der Waals surface area contributed by atoms with Crippen molar-refractivity contribution < 1.29 is 32.2 Å². The third-order valence-corrected chi connectivity index (χ3v) is 8.67. The minimum Gasteiger partial charge on any atom is -0.467 e. The number of hydrazine groups is 1. The number of hydrogen-bond donors (Lipinski definition) is 2. The van der Waals surface area contributed by atoms with Crippen LogP contribution in [-0.2, 0) is 38.4 Å². The van der Waals surface area contributed by atoms with Crippen LogP contribution >= 0.6 is 11.5 Å². The molecule has 254 valence electrons. The summed E-state index contributed by atoms with van der Waals surface area (Å²) in [6.07, 6.45) is 2.08. The molecule has 4 aromatic rings. The molecule has 1 amide bonds. The van der Waals surface area contributed by atoms with Crippen LogP contribution in [0.25, 0.3) is 32.7 Å². The van der Waals surface area contributed by atoms with Gasteiger partial charge in [0.15, 0.2) is 0 Å². The largest absolute Gasteiger partial charge is 0.467 e. The Kier molecular flexibility index (Phi) is 12.5. The molecule has 2 N–H and O–H groups in total. The normalized spacial score (nSPS) is 12.7. The molecule has 0 saturated heterocycles. The number of ether oxygens (including phenoxy) is 2. The molecule has 14 heteroatoms. The maximum Gasteiger partial charge on any atom is 0.406 e. The van der Waals surface area contributed by atoms with Crippen molar-refractivity contribution >= 4 is 35.3 Å². The molecular formula is C33H41F3N6O4S. The number of nitrogens with one attached hydrogen (secondary N) is 2. The maximum atomic E-state index is 14.2. The molecule has 1 unspecified atom stereocenters. The van der Waals surface area contributed by atoms with E-state index in [0.717, 1.165) is 37.1 Å². The van der Waals surface area contributed by atoms with Crippen LogP contribution in [0.3, 0.4) is 0 Å². The number of methoxy groups -OCH3 is 1. The summed E-state index contributed by atoms with van der Waals surface area (Å²) in [5, 5.41) is 1.33. The highest BCUT2D eigenvalue weighted by Crippen LogP contribution is 2.43. The van der Waals surface area contributed by atoms with E-state index in [1.165, 1.54) is 23.2 Å². The second kappa shape index (κ2) is 16.3. The first-order chi connectivity index (χ1) is 22.5. The monoisotopic (exact) mass is 674 g/mol. The molecular weight excluding hydrogens is 633 g/mol. The zero-order chi connectivity index (χ0) is 34.0. The Hall–Kier alpha value is -3.88. The molecule has 0 radical (unpaired) electrons. The van der Waals surface area contributed by atoms with Gasteiger partial charge >= 0.3 is 6.18 Å². The second-order valence-corrected chi connectivity index (χ2v) is 12.9. The van der Waals surface area contributed by atoms with Gasteiger partial charge in [0.2, 0.25) is 6.41 Å². The zero-order valence-electron chi connectivity index (χ0n) is 27.0. The molecule has 47 heavy (non-hydrogen) atoms. The molecule has 1 aromatic carbocycles. The number of halogens is 3. The minimum absolute atomic E-state index is 0.0852. The topological polar surface area (TPSA) is 120 Å². The third-order valence-electron chi connectivity index (χ3n) is 7.86. The molecule has 0 bridgehead atoms. The van der Waals surface area contributed by atoms with Crippen LogP contribution in [0.2, 0.25) is 0 Å². The van der Waals surface area contributed by atoms with Crippen LogP contribution in [0, 0.1) is 5.41 Å². The number of aromatic nitrogens is 4. The van der Waals surface area contributed by atoms with E-state index in [0.29, 0.717) is 70.7 Å². The highest BCUT2D eigenvalue weighted by atomic mass is 32.1. The fourth-order valence-corrected chi connectivity index (χ4v) is 6.37. The van der Waals surface area contributed by atoms with Crippen molar-refractivity contribution in [3.8, 4) is 21.8 Å². The predicted molar refractivity (Wildman–Crippen MR) is 174 cm³/mol. The van der Waals surface area contributed by atoms with Crippen LogP contribution in [-0.4, -0.2) is 58.2 Å². The van der Waals surface area contributed by atoms with Gasteiger partial charge in [0, 0.05) is 53.7 Å². The Morgan fingerprint density at radius 1 is 1.11 bits per heavy atom. The Bertz CT molecular complexity index is 1640. The first-order valence-electron chi connectivity index (χ1n) is 15.5. The second-order valence-electron chi connectivity index (χ2n) is 12.2. The lowest BCUT2D eigenvalue weighted by Gasteiger charge is -2.25. The predicted octanol–water partition coefficient (Wildman–Crippen LogP) is 6.59. The number of aryl methyl sites for hydroxylation is 1. The minimum atomic E-state index is -4.50. The SMILES string of the molecule is COC(C)c1ncccc1-c1c(CC(C)(C)COC=O)c2cc(-c3nc(CCCCCCNNC=O)ns3)ccc2n1CC(F)(F)F. The van der Waals surface area contributed by atoms with Gasteiger partial charge in [0.05, 0.1) is 24.1 Å². The molecule has 10 nitrogen and oxygen atoms in total. The maximum absolute atomic E-state index is 14.2. The Labute approximate surface area is 276 Å². The van der Waals surface area contributed by atoms with Gasteiger partial charge in [-0.2, -0.15) is 17.5 Å². The summed E-state index contributed by atoms with van der Waals surface area (Å²) in [6.45, 7) is 5.59. The molecule has 0 saturated carbocycles. The standard InChI is InChI=1S/C33H41F3N6O4S/c1-22(45-4)29-24(10-9-14-37-29)30-26(17-32(2,3)19-46-21-44)25-16-23(12-13-27(25)42(30)18-33(34,35)36)31-40-28(41-47-31)11-7-5-6-8-15-38-39-20-43/h9-10,12-14,16,20-22,38H,5-8,11,15,17-19H2,1-4H3,(H,39,43). The van der Waals surface area contributed by atoms with Crippen LogP contribution in [0.1, 0.15) is 69.6 Å². The number of hydrogen-bond acceptors (Lipinski definition) is 9. The lowest BCUT2D eigenvalue weighted by molar-refractivity contribution is -0.139. The average molecular weight is 675 g/mol. The summed E-state index contributed by atoms with van der Waals surface area (Å²) in [4.78, 5) is 30.6. The van der Waals surface area contributed by atoms with Crippen molar-refractivity contribution in [3.63, 3.8) is 0 Å². The van der Waals surface area contributed by atoms with Crippen molar-refractivity contribution in [1.29, 1.82) is 0 Å². The summed E-state index contributed by atoms with van der Waals surface area (Å²) in [6, 6.07) is 8.86. The number of rotatable bonds is 19. The van der Waals surface area contributed by atoms with E-state index in [1.54, 1.807) is 37.4 Å². The smallest absolute Gasteiger partial charge is 0.406 e. The number of fused-ring (bicyclic) bond motifs is 1. The Morgan fingerprint density at radius 3 is 2.62 bits per heavy atom. The highest BCUT2D eigenvalue weighted by molar-refractivity contribution is 7.09. The highest BCUT2D eigenvalue weighted by Gasteiger charge is 2.34. The van der Waals surface area contributed by atoms with Gasteiger partial charge in [-0.25, -0.2) is 10.4 Å². The van der Waals surface area contributed by atoms with Gasteiger partial charge in [-0.3, -0.25) is 20.0 Å². The molecule has 1 atom stereocenters. The Morgan fingerprint density at radius 2 is 1.89 bits per heavy atom. The number of alkyl halides is 3. The summed E-state index contributed by atoms with van der Waals surface area (Å²) in [5.41, 5.74) is 7.96. The Balaban J connectivity index is 1.77. The van der Waals surface area contributed by atoms with E-state index >= 15 is 0 Å². The van der Waals surface area contributed by atoms with Crippen molar-refractivity contribution in [2.45, 2.75) is 78.1 Å². The third kappa shape index (κ3) is 9.58. The van der Waals surface area contributed by atoms with Gasteiger partial charge < -0.3 is 14.0 Å². The fraction of sp³-hybridized carbons (Fsp3) is 0.485. The summed E-state index contributed by atoms with van der Waals surface area (Å²) >= 11 is 1.26. The zero-order valence-corrected chi connectivity index (χ0v) is 27.8. The summed E-state index contributed by atoms with van der Waals surface area (Å²) in [7, 11) is 1.53. The van der Waals surface area contributed by atoms with Crippen molar-refractivity contribution in [2.75, 3.05) is 20.3 Å². The van der Waals surface area contributed by atoms with E-state index in [1.807, 2.05) is 19.9 Å². The van der Waals surface area contributed by atoms with Gasteiger partial charge in [-0.1, -0.05) is 26.7 Å². The average Bonchev–Trinajstić information content (AvgIpc) is 3.62. The molecule has 0 aliphatic heterocycles. The molecule has 0 aliphatic carbocycles. The van der Waals surface area contributed by atoms with E-state index in [2.05, 4.69) is 20.2 Å². The lowest BCUT2D eigenvalue weighted by Crippen LogP contribution is -2.30. The van der Waals surface area contributed by atoms with Crippen LogP contribution < -0.4 is 10.9 Å². The van der Waals surface area contributed by atoms with Gasteiger partial charge in [0.1, 0.15) is 17.4 Å². The molecule has 3 aromatic heterocycles. The number of amides is 1. The number of unbranched alkanes of at least 4 members (excludes halogenated alkanes) is 3. The number of carbonyl (C=O) groups is 2. The number of benzene rings is 1. The molecule has 4 rings (SSSR count). The van der Waals surface area contributed by atoms with E-state index in [-0.39, 0.29) is 6.61 Å². The van der Waals surface area contributed by atoms with E-state index in [4.69, 9.17) is 14.5 Å². The van der Waals surface area contributed by atoms with Gasteiger partial charge in [-0.05, 0) is 73.6 Å². The first kappa shape index (κ1) is 36.0. The number of carbonyl (C=O) groups excluding carboxylic acids is 2. The summed E-state index contributed by atoms with van der Waals surface area (Å²) < 4.78 is 59.2. The number of nitrogens with zero attached hydrogens (tertiary/aromatic N) is 4. The fourth-order valence-electron chi connectivity index (χ4n) is 5.67. The summed E-state index contributed by atoms with van der Waals surface area (Å²) in [5.74, 6) is 0.724. The number of pyridine rings is 1. The van der Waals surface area contributed by atoms with Gasteiger partial charge in [-0.15, -0.1) is 0 Å². The first-order valence-corrected chi connectivity index (χ1v) is 16.3. The molecule has 0 aliphatic rings. The molecule has 0 spiro atoms. The van der Waals surface area contributed by atoms with Crippen LogP contribution in [0.5, 0.6) is 0 Å². The van der Waals surface area contributed by atoms with Crippen molar-refractivity contribution in [1.82, 2.24) is 29.8 Å². The van der Waals surface area contributed by atoms with Crippen LogP contribution in [0.4, 0.5) is 13.2 Å². The van der Waals surface area contributed by atoms with Crippen LogP contribution in [0.15, 0.2) is 36.5 Å². The quantitative estimate of drug-likeness (QED) is 0.0650. The molecule has 0 fully saturated rings. The van der Waals surface area contributed by atoms with E-state index in [9.17, 15) is 22.8 Å².